The van der Waals surface area contributed by atoms with E-state index in [1.807, 2.05) is 24.3 Å². The maximum atomic E-state index is 7.11. The predicted octanol–water partition coefficient (Wildman–Crippen LogP) is 6.71. The van der Waals surface area contributed by atoms with Gasteiger partial charge in [-0.15, -0.1) is 0 Å². The van der Waals surface area contributed by atoms with E-state index >= 15 is 0 Å². The Balaban J connectivity index is 1.77. The molecule has 0 amide bonds. The zero-order valence-electron chi connectivity index (χ0n) is 19.2. The van der Waals surface area contributed by atoms with Crippen LogP contribution in [0.25, 0.3) is 0 Å². The van der Waals surface area contributed by atoms with Gasteiger partial charge >= 0.3 is 0 Å². The second-order valence-electron chi connectivity index (χ2n) is 8.99. The Kier molecular flexibility index (Phi) is 7.13. The minimum Gasteiger partial charge on any atom is -0.455 e. The van der Waals surface area contributed by atoms with Crippen LogP contribution in [0.1, 0.15) is 26.3 Å². The van der Waals surface area contributed by atoms with Crippen molar-refractivity contribution in [2.24, 2.45) is 0 Å². The van der Waals surface area contributed by atoms with Crippen molar-refractivity contribution in [2.75, 3.05) is 0 Å². The van der Waals surface area contributed by atoms with Crippen molar-refractivity contribution in [3.63, 3.8) is 0 Å². The molecule has 0 fully saturated rings. The molecule has 3 nitrogen and oxygen atoms in total. The number of pyridine rings is 1. The van der Waals surface area contributed by atoms with Gasteiger partial charge in [-0.3, -0.25) is 4.98 Å². The van der Waals surface area contributed by atoms with Crippen LogP contribution in [0.5, 0.6) is 11.5 Å². The lowest BCUT2D eigenvalue weighted by molar-refractivity contribution is 0.281. The molecule has 33 heavy (non-hydrogen) atoms. The number of hydrogen-bond acceptors (Lipinski definition) is 3. The summed E-state index contributed by atoms with van der Waals surface area (Å²) in [5.74, 6) is 1.47. The molecule has 0 spiro atoms. The molecule has 0 aliphatic carbocycles. The smallest absolute Gasteiger partial charge is 0.261 e. The Hall–Kier alpha value is -2.73. The highest BCUT2D eigenvalue weighted by Gasteiger charge is 2.50. The zero-order valence-corrected chi connectivity index (χ0v) is 21.7. The van der Waals surface area contributed by atoms with Crippen molar-refractivity contribution in [3.05, 3.63) is 113 Å². The van der Waals surface area contributed by atoms with Crippen LogP contribution < -0.4 is 15.1 Å². The van der Waals surface area contributed by atoms with E-state index in [-0.39, 0.29) is 5.04 Å². The van der Waals surface area contributed by atoms with Gasteiger partial charge in [-0.25, -0.2) is 0 Å². The monoisotopic (exact) mass is 517 g/mol. The van der Waals surface area contributed by atoms with Gasteiger partial charge in [0.25, 0.3) is 8.32 Å². The van der Waals surface area contributed by atoms with Crippen molar-refractivity contribution < 1.29 is 9.16 Å². The van der Waals surface area contributed by atoms with Gasteiger partial charge in [0.15, 0.2) is 0 Å². The van der Waals surface area contributed by atoms with Crippen molar-refractivity contribution >= 4 is 34.6 Å². The van der Waals surface area contributed by atoms with Crippen LogP contribution in [0.2, 0.25) is 5.04 Å². The molecular formula is C28H28BrNO2Si. The summed E-state index contributed by atoms with van der Waals surface area (Å²) in [4.78, 5) is 4.17. The number of hydrogen-bond donors (Lipinski definition) is 0. The molecule has 3 aromatic carbocycles. The van der Waals surface area contributed by atoms with Gasteiger partial charge in [-0.05, 0) is 45.7 Å². The molecule has 1 heterocycles. The maximum Gasteiger partial charge on any atom is 0.261 e. The number of aromatic nitrogens is 1. The van der Waals surface area contributed by atoms with E-state index in [0.29, 0.717) is 12.4 Å². The second kappa shape index (κ2) is 10.0. The number of nitrogens with zero attached hydrogens (tertiary/aromatic N) is 1. The normalized spacial score (nSPS) is 11.9. The fraction of sp³-hybridized carbons (Fsp3) is 0.179. The van der Waals surface area contributed by atoms with Gasteiger partial charge in [0.2, 0.25) is 0 Å². The third-order valence-electron chi connectivity index (χ3n) is 5.75. The molecule has 0 bridgehead atoms. The third kappa shape index (κ3) is 5.11. The number of halogens is 1. The van der Waals surface area contributed by atoms with Crippen LogP contribution in [0.3, 0.4) is 0 Å². The number of benzene rings is 3. The first-order chi connectivity index (χ1) is 15.9. The highest BCUT2D eigenvalue weighted by molar-refractivity contribution is 9.10. The van der Waals surface area contributed by atoms with Crippen molar-refractivity contribution in [3.8, 4) is 11.5 Å². The summed E-state index contributed by atoms with van der Waals surface area (Å²) in [6.45, 7) is 7.29. The molecule has 0 atom stereocenters. The summed E-state index contributed by atoms with van der Waals surface area (Å²) in [5, 5.41) is 2.42. The van der Waals surface area contributed by atoms with Crippen LogP contribution >= 0.6 is 15.9 Å². The fourth-order valence-corrected chi connectivity index (χ4v) is 9.18. The van der Waals surface area contributed by atoms with Gasteiger partial charge in [0, 0.05) is 16.2 Å². The summed E-state index contributed by atoms with van der Waals surface area (Å²) >= 11 is 3.62. The molecule has 5 heteroatoms. The van der Waals surface area contributed by atoms with Crippen LogP contribution in [0, 0.1) is 0 Å². The molecule has 0 saturated carbocycles. The van der Waals surface area contributed by atoms with Gasteiger partial charge in [-0.1, -0.05) is 97.4 Å². The Bertz CT molecular complexity index is 1140. The standard InChI is InChI=1S/C28H28BrNO2Si/c1-28(2,3)33(25-12-6-4-7-13-25,26-14-8-5-9-15-26)31-21-22-19-23(29)16-17-27(22)32-24-11-10-18-30-20-24/h4-20H,21H2,1-3H3. The molecule has 0 N–H and O–H groups in total. The Morgan fingerprint density at radius 3 is 2.00 bits per heavy atom. The van der Waals surface area contributed by atoms with Gasteiger partial charge < -0.3 is 9.16 Å². The summed E-state index contributed by atoms with van der Waals surface area (Å²) in [6.07, 6.45) is 3.45. The van der Waals surface area contributed by atoms with E-state index in [4.69, 9.17) is 9.16 Å². The summed E-state index contributed by atoms with van der Waals surface area (Å²) in [6, 6.07) is 31.2. The lowest BCUT2D eigenvalue weighted by atomic mass is 10.2. The molecule has 168 valence electrons. The van der Waals surface area contributed by atoms with E-state index < -0.39 is 8.32 Å². The van der Waals surface area contributed by atoms with Gasteiger partial charge in [0.05, 0.1) is 12.8 Å². The summed E-state index contributed by atoms with van der Waals surface area (Å²) in [5.41, 5.74) is 0.987. The Labute approximate surface area is 205 Å². The first-order valence-corrected chi connectivity index (χ1v) is 13.7. The molecule has 4 aromatic rings. The van der Waals surface area contributed by atoms with Crippen molar-refractivity contribution in [2.45, 2.75) is 32.4 Å². The summed E-state index contributed by atoms with van der Waals surface area (Å²) < 4.78 is 14.3. The molecule has 0 aliphatic heterocycles. The average Bonchev–Trinajstić information content (AvgIpc) is 2.82. The fourth-order valence-electron chi connectivity index (χ4n) is 4.24. The third-order valence-corrected chi connectivity index (χ3v) is 11.2. The first-order valence-electron chi connectivity index (χ1n) is 11.0. The molecular weight excluding hydrogens is 490 g/mol. The topological polar surface area (TPSA) is 31.4 Å². The van der Waals surface area contributed by atoms with E-state index in [9.17, 15) is 0 Å². The van der Waals surface area contributed by atoms with Gasteiger partial charge in [0.1, 0.15) is 11.5 Å². The number of rotatable bonds is 7. The van der Waals surface area contributed by atoms with Crippen molar-refractivity contribution in [1.29, 1.82) is 0 Å². The predicted molar refractivity (Wildman–Crippen MR) is 141 cm³/mol. The van der Waals surface area contributed by atoms with Gasteiger partial charge in [-0.2, -0.15) is 0 Å². The molecule has 1 aromatic heterocycles. The van der Waals surface area contributed by atoms with E-state index in [1.54, 1.807) is 12.4 Å². The molecule has 0 radical (unpaired) electrons. The van der Waals surface area contributed by atoms with Crippen LogP contribution in [0.15, 0.2) is 108 Å². The van der Waals surface area contributed by atoms with Crippen LogP contribution in [0.4, 0.5) is 0 Å². The minimum absolute atomic E-state index is 0.0912. The van der Waals surface area contributed by atoms with E-state index in [0.717, 1.165) is 15.8 Å². The zero-order chi connectivity index (χ0) is 23.3. The average molecular weight is 519 g/mol. The summed E-state index contributed by atoms with van der Waals surface area (Å²) in [7, 11) is -2.65. The molecule has 0 unspecified atom stereocenters. The minimum atomic E-state index is -2.65. The highest BCUT2D eigenvalue weighted by atomic mass is 79.9. The molecule has 4 rings (SSSR count). The quantitative estimate of drug-likeness (QED) is 0.255. The van der Waals surface area contributed by atoms with Crippen LogP contribution in [-0.2, 0) is 11.0 Å². The van der Waals surface area contributed by atoms with Crippen molar-refractivity contribution in [1.82, 2.24) is 4.98 Å². The largest absolute Gasteiger partial charge is 0.455 e. The maximum absolute atomic E-state index is 7.11. The molecule has 0 aliphatic rings. The van der Waals surface area contributed by atoms with E-state index in [2.05, 4.69) is 108 Å². The lowest BCUT2D eigenvalue weighted by Gasteiger charge is -2.43. The first kappa shape index (κ1) is 23.4. The number of ether oxygens (including phenoxy) is 1. The Morgan fingerprint density at radius 2 is 1.45 bits per heavy atom. The lowest BCUT2D eigenvalue weighted by Crippen LogP contribution is -2.66. The SMILES string of the molecule is CC(C)(C)[Si](OCc1cc(Br)ccc1Oc1cccnc1)(c1ccccc1)c1ccccc1. The van der Waals surface area contributed by atoms with E-state index in [1.165, 1.54) is 10.4 Å². The second-order valence-corrected chi connectivity index (χ2v) is 14.2. The Morgan fingerprint density at radius 1 is 0.818 bits per heavy atom. The van der Waals surface area contributed by atoms with Crippen LogP contribution in [-0.4, -0.2) is 13.3 Å². The highest BCUT2D eigenvalue weighted by Crippen LogP contribution is 2.38. The molecule has 0 saturated heterocycles.